The van der Waals surface area contributed by atoms with Crippen LogP contribution in [0.25, 0.3) is 0 Å². The molecule has 1 aliphatic rings. The smallest absolute Gasteiger partial charge is 0.233 e. The minimum absolute atomic E-state index is 0.0536. The second-order valence-corrected chi connectivity index (χ2v) is 5.55. The molecule has 1 saturated carbocycles. The molecular formula is C14H27N3O2. The van der Waals surface area contributed by atoms with E-state index in [1.165, 1.54) is 12.8 Å². The van der Waals surface area contributed by atoms with E-state index in [2.05, 4.69) is 24.3 Å². The Labute approximate surface area is 115 Å². The summed E-state index contributed by atoms with van der Waals surface area (Å²) in [5.41, 5.74) is 4.92. The van der Waals surface area contributed by atoms with Gasteiger partial charge in [0.25, 0.3) is 0 Å². The number of amides is 1. The summed E-state index contributed by atoms with van der Waals surface area (Å²) in [6, 6.07) is 0. The van der Waals surface area contributed by atoms with Crippen molar-refractivity contribution in [1.29, 1.82) is 0 Å². The fraction of sp³-hybridized carbons (Fsp3) is 0.857. The first kappa shape index (κ1) is 15.8. The van der Waals surface area contributed by atoms with Gasteiger partial charge >= 0.3 is 0 Å². The number of rotatable bonds is 8. The summed E-state index contributed by atoms with van der Waals surface area (Å²) >= 11 is 0. The molecular weight excluding hydrogens is 242 g/mol. The highest BCUT2D eigenvalue weighted by Gasteiger charge is 2.48. The molecule has 0 heterocycles. The SMILES string of the molecule is CCCCC(CC)CNC(=O)C1(C(N)=NO)CCC1. The number of hydrogen-bond donors (Lipinski definition) is 3. The highest BCUT2D eigenvalue weighted by atomic mass is 16.4. The van der Waals surface area contributed by atoms with Crippen LogP contribution in [0.15, 0.2) is 5.16 Å². The van der Waals surface area contributed by atoms with Gasteiger partial charge in [-0.2, -0.15) is 0 Å². The van der Waals surface area contributed by atoms with Crippen LogP contribution in [0.1, 0.15) is 58.8 Å². The van der Waals surface area contributed by atoms with E-state index in [4.69, 9.17) is 10.9 Å². The summed E-state index contributed by atoms with van der Waals surface area (Å²) in [6.45, 7) is 5.01. The standard InChI is InChI=1S/C14H27N3O2/c1-3-5-7-11(4-2)10-16-13(18)14(8-6-9-14)12(15)17-19/h11,19H,3-10H2,1-2H3,(H2,15,17)(H,16,18). The topological polar surface area (TPSA) is 87.7 Å². The van der Waals surface area contributed by atoms with E-state index >= 15 is 0 Å². The molecule has 1 aliphatic carbocycles. The van der Waals surface area contributed by atoms with Gasteiger partial charge in [0, 0.05) is 6.54 Å². The zero-order valence-electron chi connectivity index (χ0n) is 12.1. The molecule has 1 rings (SSSR count). The van der Waals surface area contributed by atoms with Crippen LogP contribution in [0.4, 0.5) is 0 Å². The Morgan fingerprint density at radius 3 is 2.58 bits per heavy atom. The Morgan fingerprint density at radius 2 is 2.16 bits per heavy atom. The fourth-order valence-corrected chi connectivity index (χ4v) is 2.58. The maximum absolute atomic E-state index is 12.3. The molecule has 0 bridgehead atoms. The molecule has 19 heavy (non-hydrogen) atoms. The Balaban J connectivity index is 2.49. The van der Waals surface area contributed by atoms with Gasteiger partial charge in [-0.15, -0.1) is 0 Å². The number of oxime groups is 1. The molecule has 0 aromatic rings. The number of nitrogens with zero attached hydrogens (tertiary/aromatic N) is 1. The van der Waals surface area contributed by atoms with Gasteiger partial charge in [-0.3, -0.25) is 4.79 Å². The molecule has 0 aliphatic heterocycles. The molecule has 110 valence electrons. The average molecular weight is 269 g/mol. The quantitative estimate of drug-likeness (QED) is 0.273. The molecule has 1 amide bonds. The van der Waals surface area contributed by atoms with E-state index in [-0.39, 0.29) is 11.7 Å². The van der Waals surface area contributed by atoms with Crippen LogP contribution in [0.3, 0.4) is 0 Å². The minimum atomic E-state index is -0.752. The van der Waals surface area contributed by atoms with Crippen molar-refractivity contribution < 1.29 is 10.0 Å². The molecule has 5 nitrogen and oxygen atoms in total. The minimum Gasteiger partial charge on any atom is -0.409 e. The van der Waals surface area contributed by atoms with Gasteiger partial charge in [0.05, 0.1) is 0 Å². The summed E-state index contributed by atoms with van der Waals surface area (Å²) in [5.74, 6) is 0.496. The maximum Gasteiger partial charge on any atom is 0.233 e. The Morgan fingerprint density at radius 1 is 1.47 bits per heavy atom. The third-order valence-corrected chi connectivity index (χ3v) is 4.33. The number of unbranched alkanes of at least 4 members (excludes halogenated alkanes) is 1. The highest BCUT2D eigenvalue weighted by Crippen LogP contribution is 2.41. The lowest BCUT2D eigenvalue weighted by Crippen LogP contribution is -2.54. The van der Waals surface area contributed by atoms with Crippen molar-refractivity contribution >= 4 is 11.7 Å². The van der Waals surface area contributed by atoms with Gasteiger partial charge in [-0.1, -0.05) is 44.7 Å². The second kappa shape index (κ2) is 7.36. The van der Waals surface area contributed by atoms with Crippen molar-refractivity contribution in [2.24, 2.45) is 22.2 Å². The zero-order valence-corrected chi connectivity index (χ0v) is 12.1. The van der Waals surface area contributed by atoms with E-state index in [1.807, 2.05) is 0 Å². The zero-order chi connectivity index (χ0) is 14.3. The van der Waals surface area contributed by atoms with E-state index in [0.29, 0.717) is 25.3 Å². The molecule has 1 atom stereocenters. The van der Waals surface area contributed by atoms with Crippen molar-refractivity contribution in [3.63, 3.8) is 0 Å². The van der Waals surface area contributed by atoms with E-state index in [9.17, 15) is 4.79 Å². The van der Waals surface area contributed by atoms with Crippen LogP contribution < -0.4 is 11.1 Å². The van der Waals surface area contributed by atoms with Gasteiger partial charge in [-0.05, 0) is 25.2 Å². The Kier molecular flexibility index (Phi) is 6.12. The lowest BCUT2D eigenvalue weighted by atomic mass is 9.67. The monoisotopic (exact) mass is 269 g/mol. The number of hydrogen-bond acceptors (Lipinski definition) is 3. The Hall–Kier alpha value is -1.26. The normalized spacial score (nSPS) is 19.6. The van der Waals surface area contributed by atoms with E-state index < -0.39 is 5.41 Å². The summed E-state index contributed by atoms with van der Waals surface area (Å²) in [7, 11) is 0. The van der Waals surface area contributed by atoms with Gasteiger partial charge in [0.15, 0.2) is 5.84 Å². The van der Waals surface area contributed by atoms with Crippen LogP contribution in [0, 0.1) is 11.3 Å². The van der Waals surface area contributed by atoms with Gasteiger partial charge in [-0.25, -0.2) is 0 Å². The first-order valence-corrected chi connectivity index (χ1v) is 7.37. The number of nitrogens with one attached hydrogen (secondary N) is 1. The first-order valence-electron chi connectivity index (χ1n) is 7.37. The largest absolute Gasteiger partial charge is 0.409 e. The van der Waals surface area contributed by atoms with E-state index in [1.54, 1.807) is 0 Å². The third-order valence-electron chi connectivity index (χ3n) is 4.33. The summed E-state index contributed by atoms with van der Waals surface area (Å²) in [6.07, 6.45) is 6.90. The summed E-state index contributed by atoms with van der Waals surface area (Å²) < 4.78 is 0. The summed E-state index contributed by atoms with van der Waals surface area (Å²) in [5, 5.41) is 14.8. The summed E-state index contributed by atoms with van der Waals surface area (Å²) in [4.78, 5) is 12.3. The molecule has 0 radical (unpaired) electrons. The molecule has 5 heteroatoms. The lowest BCUT2D eigenvalue weighted by Gasteiger charge is -2.39. The predicted octanol–water partition coefficient (Wildman–Crippen LogP) is 2.24. The van der Waals surface area contributed by atoms with Crippen molar-refractivity contribution in [3.05, 3.63) is 0 Å². The molecule has 0 aromatic heterocycles. The first-order chi connectivity index (χ1) is 9.10. The van der Waals surface area contributed by atoms with E-state index in [0.717, 1.165) is 19.3 Å². The number of carbonyl (C=O) groups excluding carboxylic acids is 1. The Bertz CT molecular complexity index is 325. The molecule has 0 saturated heterocycles. The molecule has 1 unspecified atom stereocenters. The fourth-order valence-electron chi connectivity index (χ4n) is 2.58. The number of amidine groups is 1. The lowest BCUT2D eigenvalue weighted by molar-refractivity contribution is -0.131. The molecule has 0 spiro atoms. The number of nitrogens with two attached hydrogens (primary N) is 1. The van der Waals surface area contributed by atoms with Crippen molar-refractivity contribution in [2.75, 3.05) is 6.54 Å². The number of carbonyl (C=O) groups is 1. The van der Waals surface area contributed by atoms with Crippen molar-refractivity contribution in [3.8, 4) is 0 Å². The van der Waals surface area contributed by atoms with Gasteiger partial charge in [0.1, 0.15) is 5.41 Å². The third kappa shape index (κ3) is 3.61. The average Bonchev–Trinajstić information content (AvgIpc) is 2.37. The van der Waals surface area contributed by atoms with Crippen LogP contribution in [-0.2, 0) is 4.79 Å². The van der Waals surface area contributed by atoms with Crippen molar-refractivity contribution in [2.45, 2.75) is 58.8 Å². The van der Waals surface area contributed by atoms with Gasteiger partial charge in [0.2, 0.25) is 5.91 Å². The van der Waals surface area contributed by atoms with Crippen LogP contribution in [0.5, 0.6) is 0 Å². The molecule has 0 aromatic carbocycles. The van der Waals surface area contributed by atoms with Crippen LogP contribution in [0.2, 0.25) is 0 Å². The second-order valence-electron chi connectivity index (χ2n) is 5.55. The maximum atomic E-state index is 12.3. The van der Waals surface area contributed by atoms with Crippen LogP contribution >= 0.6 is 0 Å². The highest BCUT2D eigenvalue weighted by molar-refractivity contribution is 6.07. The predicted molar refractivity (Wildman–Crippen MR) is 76.0 cm³/mol. The van der Waals surface area contributed by atoms with Gasteiger partial charge < -0.3 is 16.3 Å². The van der Waals surface area contributed by atoms with Crippen LogP contribution in [-0.4, -0.2) is 23.5 Å². The molecule has 4 N–H and O–H groups in total. The molecule has 1 fully saturated rings. The van der Waals surface area contributed by atoms with Crippen molar-refractivity contribution in [1.82, 2.24) is 5.32 Å².